The lowest BCUT2D eigenvalue weighted by molar-refractivity contribution is -0.116. The topological polar surface area (TPSA) is 128 Å². The average molecular weight is 592 g/mol. The summed E-state index contributed by atoms with van der Waals surface area (Å²) in [7, 11) is 4.00. The minimum absolute atomic E-state index is 0.0567. The summed E-state index contributed by atoms with van der Waals surface area (Å²) in [5, 5.41) is 14.6. The number of nitrogens with one attached hydrogen (secondary N) is 4. The highest BCUT2D eigenvalue weighted by Crippen LogP contribution is 2.34. The number of aromatic nitrogens is 6. The molecule has 0 aliphatic rings. The van der Waals surface area contributed by atoms with Gasteiger partial charge in [0.25, 0.3) is 0 Å². The van der Waals surface area contributed by atoms with Crippen molar-refractivity contribution in [2.75, 3.05) is 37.8 Å². The molecule has 11 heteroatoms. The maximum absolute atomic E-state index is 14.7. The number of hydrogen-bond acceptors (Lipinski definition) is 7. The van der Waals surface area contributed by atoms with E-state index in [2.05, 4.69) is 40.7 Å². The van der Waals surface area contributed by atoms with Gasteiger partial charge in [0.2, 0.25) is 5.91 Å². The molecular formula is C33H34FN9O. The molecule has 0 spiro atoms. The Kier molecular flexibility index (Phi) is 8.03. The van der Waals surface area contributed by atoms with E-state index >= 15 is 0 Å². The van der Waals surface area contributed by atoms with Crippen molar-refractivity contribution >= 4 is 39.2 Å². The number of fused-ring (bicyclic) bond motifs is 2. The van der Waals surface area contributed by atoms with Crippen LogP contribution < -0.4 is 10.6 Å². The fraction of sp³-hybridized carbons (Fsp3) is 0.242. The van der Waals surface area contributed by atoms with Crippen LogP contribution in [0.2, 0.25) is 0 Å². The fourth-order valence-electron chi connectivity index (χ4n) is 5.13. The van der Waals surface area contributed by atoms with Gasteiger partial charge in [0.1, 0.15) is 11.5 Å². The third-order valence-corrected chi connectivity index (χ3v) is 7.19. The highest BCUT2D eigenvalue weighted by Gasteiger charge is 2.17. The second-order valence-electron chi connectivity index (χ2n) is 11.5. The van der Waals surface area contributed by atoms with Crippen molar-refractivity contribution in [2.24, 2.45) is 5.92 Å². The zero-order valence-electron chi connectivity index (χ0n) is 25.1. The van der Waals surface area contributed by atoms with Crippen LogP contribution in [0, 0.1) is 11.7 Å². The molecule has 0 fully saturated rings. The highest BCUT2D eigenvalue weighted by atomic mass is 19.1. The van der Waals surface area contributed by atoms with Crippen LogP contribution >= 0.6 is 0 Å². The van der Waals surface area contributed by atoms with Gasteiger partial charge in [-0.05, 0) is 62.0 Å². The van der Waals surface area contributed by atoms with E-state index in [1.807, 2.05) is 64.3 Å². The summed E-state index contributed by atoms with van der Waals surface area (Å²) >= 11 is 0. The maximum atomic E-state index is 14.7. The van der Waals surface area contributed by atoms with Crippen molar-refractivity contribution < 1.29 is 9.18 Å². The lowest BCUT2D eigenvalue weighted by Crippen LogP contribution is -2.20. The van der Waals surface area contributed by atoms with Gasteiger partial charge in [-0.25, -0.2) is 9.37 Å². The molecule has 2 aromatic carbocycles. The second kappa shape index (κ2) is 12.2. The smallest absolute Gasteiger partial charge is 0.224 e. The molecular weight excluding hydrogens is 557 g/mol. The zero-order valence-corrected chi connectivity index (χ0v) is 25.1. The number of benzene rings is 2. The Morgan fingerprint density at radius 2 is 1.84 bits per heavy atom. The van der Waals surface area contributed by atoms with Gasteiger partial charge in [-0.3, -0.25) is 19.9 Å². The Hall–Kier alpha value is -5.16. The number of pyridine rings is 2. The molecule has 6 rings (SSSR count). The third kappa shape index (κ3) is 6.28. The van der Waals surface area contributed by atoms with Crippen LogP contribution in [-0.2, 0) is 4.79 Å². The van der Waals surface area contributed by atoms with Gasteiger partial charge < -0.3 is 20.5 Å². The molecule has 10 nitrogen and oxygen atoms in total. The maximum Gasteiger partial charge on any atom is 0.224 e. The number of halogens is 1. The van der Waals surface area contributed by atoms with Crippen molar-refractivity contribution in [1.82, 2.24) is 35.0 Å². The zero-order chi connectivity index (χ0) is 30.8. The molecule has 0 aliphatic heterocycles. The van der Waals surface area contributed by atoms with E-state index in [1.54, 1.807) is 18.6 Å². The monoisotopic (exact) mass is 591 g/mol. The summed E-state index contributed by atoms with van der Waals surface area (Å²) in [6, 6.07) is 14.6. The number of carbonyl (C=O) groups excluding carboxylic acids is 1. The van der Waals surface area contributed by atoms with E-state index in [1.165, 1.54) is 12.1 Å². The van der Waals surface area contributed by atoms with Gasteiger partial charge in [0, 0.05) is 47.9 Å². The fourth-order valence-corrected chi connectivity index (χ4v) is 5.13. The van der Waals surface area contributed by atoms with Crippen LogP contribution in [0.4, 0.5) is 15.8 Å². The van der Waals surface area contributed by atoms with Crippen molar-refractivity contribution in [3.05, 3.63) is 72.9 Å². The number of imidazole rings is 1. The predicted molar refractivity (Wildman–Crippen MR) is 173 cm³/mol. The van der Waals surface area contributed by atoms with Gasteiger partial charge in [0.15, 0.2) is 5.82 Å². The molecule has 4 aromatic heterocycles. The Morgan fingerprint density at radius 3 is 2.66 bits per heavy atom. The van der Waals surface area contributed by atoms with E-state index < -0.39 is 0 Å². The van der Waals surface area contributed by atoms with Gasteiger partial charge in [-0.2, -0.15) is 5.10 Å². The number of amides is 1. The van der Waals surface area contributed by atoms with Crippen molar-refractivity contribution in [3.8, 4) is 33.9 Å². The standard InChI is InChI=1S/C33H34FN9O/c1-19(2)10-30(44)38-24-13-21(16-35-17-24)28-15-26-29(18-37-28)41-42-32(26)33-39-27-7-5-6-25(31(27)40-33)20-11-22(34)14-23(12-20)36-8-9-43(3)4/h5-7,11-19,36H,8-10H2,1-4H3,(H,38,44)(H,39,40)(H,41,42). The van der Waals surface area contributed by atoms with E-state index in [0.717, 1.165) is 39.7 Å². The summed E-state index contributed by atoms with van der Waals surface area (Å²) in [5.41, 5.74) is 7.20. The van der Waals surface area contributed by atoms with Crippen LogP contribution in [0.1, 0.15) is 20.3 Å². The molecule has 0 saturated carbocycles. The summed E-state index contributed by atoms with van der Waals surface area (Å²) in [6.45, 7) is 5.53. The minimum atomic E-state index is -0.320. The molecule has 0 radical (unpaired) electrons. The van der Waals surface area contributed by atoms with Gasteiger partial charge in [0.05, 0.1) is 40.3 Å². The number of aromatic amines is 2. The Morgan fingerprint density at radius 1 is 1.00 bits per heavy atom. The van der Waals surface area contributed by atoms with Gasteiger partial charge >= 0.3 is 0 Å². The molecule has 6 aromatic rings. The van der Waals surface area contributed by atoms with E-state index in [0.29, 0.717) is 47.1 Å². The van der Waals surface area contributed by atoms with Crippen LogP contribution in [0.5, 0.6) is 0 Å². The predicted octanol–water partition coefficient (Wildman–Crippen LogP) is 6.33. The first-order valence-corrected chi connectivity index (χ1v) is 14.5. The number of hydrogen-bond donors (Lipinski definition) is 4. The second-order valence-corrected chi connectivity index (χ2v) is 11.5. The molecule has 1 amide bonds. The molecule has 0 saturated heterocycles. The first-order chi connectivity index (χ1) is 21.2. The molecule has 4 heterocycles. The Labute approximate surface area is 254 Å². The normalized spacial score (nSPS) is 11.6. The molecule has 0 unspecified atom stereocenters. The largest absolute Gasteiger partial charge is 0.384 e. The van der Waals surface area contributed by atoms with E-state index in [-0.39, 0.29) is 17.6 Å². The van der Waals surface area contributed by atoms with Crippen LogP contribution in [0.25, 0.3) is 55.8 Å². The number of nitrogens with zero attached hydrogens (tertiary/aromatic N) is 5. The number of anilines is 2. The van der Waals surface area contributed by atoms with Crippen LogP contribution in [-0.4, -0.2) is 68.1 Å². The summed E-state index contributed by atoms with van der Waals surface area (Å²) in [5.74, 6) is 0.452. The van der Waals surface area contributed by atoms with Crippen LogP contribution in [0.3, 0.4) is 0 Å². The first-order valence-electron chi connectivity index (χ1n) is 14.5. The van der Waals surface area contributed by atoms with Crippen LogP contribution in [0.15, 0.2) is 67.1 Å². The SMILES string of the molecule is CC(C)CC(=O)Nc1cncc(-c2cc3c(-c4nc5c(-c6cc(F)cc(NCCN(C)C)c6)cccc5[nH]4)n[nH]c3cn2)c1. The Bertz CT molecular complexity index is 1960. The number of para-hydroxylation sites is 1. The van der Waals surface area contributed by atoms with E-state index in [4.69, 9.17) is 4.98 Å². The minimum Gasteiger partial charge on any atom is -0.384 e. The third-order valence-electron chi connectivity index (χ3n) is 7.19. The molecule has 44 heavy (non-hydrogen) atoms. The van der Waals surface area contributed by atoms with Crippen molar-refractivity contribution in [3.63, 3.8) is 0 Å². The number of likely N-dealkylation sites (N-methyl/N-ethyl adjacent to an activating group) is 1. The quantitative estimate of drug-likeness (QED) is 0.147. The van der Waals surface area contributed by atoms with E-state index in [9.17, 15) is 9.18 Å². The number of carbonyl (C=O) groups is 1. The first kappa shape index (κ1) is 28.9. The molecule has 0 aliphatic carbocycles. The van der Waals surface area contributed by atoms with Crippen molar-refractivity contribution in [1.29, 1.82) is 0 Å². The highest BCUT2D eigenvalue weighted by molar-refractivity contribution is 5.98. The lowest BCUT2D eigenvalue weighted by Gasteiger charge is -2.13. The van der Waals surface area contributed by atoms with Gasteiger partial charge in [-0.1, -0.05) is 26.0 Å². The molecule has 0 atom stereocenters. The summed E-state index contributed by atoms with van der Waals surface area (Å²) in [6.07, 6.45) is 5.48. The average Bonchev–Trinajstić information content (AvgIpc) is 3.60. The summed E-state index contributed by atoms with van der Waals surface area (Å²) in [4.78, 5) is 31.6. The van der Waals surface area contributed by atoms with Gasteiger partial charge in [-0.15, -0.1) is 0 Å². The summed E-state index contributed by atoms with van der Waals surface area (Å²) < 4.78 is 14.7. The number of H-pyrrole nitrogens is 2. The molecule has 0 bridgehead atoms. The lowest BCUT2D eigenvalue weighted by atomic mass is 10.0. The Balaban J connectivity index is 1.33. The van der Waals surface area contributed by atoms with Crippen molar-refractivity contribution in [2.45, 2.75) is 20.3 Å². The number of rotatable bonds is 10. The molecule has 224 valence electrons. The molecule has 4 N–H and O–H groups in total.